The number of carbonyl (C=O) groups excluding carboxylic acids is 1. The largest absolute Gasteiger partial charge is 0.494 e. The van der Waals surface area contributed by atoms with Gasteiger partial charge < -0.3 is 9.64 Å². The summed E-state index contributed by atoms with van der Waals surface area (Å²) in [7, 11) is 4.73. The zero-order valence-corrected chi connectivity index (χ0v) is 18.5. The van der Waals surface area contributed by atoms with E-state index in [1.54, 1.807) is 20.2 Å². The second kappa shape index (κ2) is 8.54. The molecule has 3 rings (SSSR count). The molecule has 0 bridgehead atoms. The Labute approximate surface area is 176 Å². The van der Waals surface area contributed by atoms with E-state index >= 15 is 0 Å². The molecule has 1 amide bonds. The highest BCUT2D eigenvalue weighted by Crippen LogP contribution is 2.28. The van der Waals surface area contributed by atoms with Gasteiger partial charge in [-0.05, 0) is 37.1 Å². The topological polar surface area (TPSA) is 64.4 Å². The number of thiophene rings is 1. The number of nitrogens with zero attached hydrogens (tertiary/aromatic N) is 3. The molecule has 0 saturated carbocycles. The highest BCUT2D eigenvalue weighted by molar-refractivity contribution is 7.99. The van der Waals surface area contributed by atoms with Crippen LogP contribution >= 0.6 is 23.1 Å². The van der Waals surface area contributed by atoms with Crippen LogP contribution in [-0.4, -0.2) is 40.3 Å². The van der Waals surface area contributed by atoms with Gasteiger partial charge in [-0.25, -0.2) is 9.37 Å². The van der Waals surface area contributed by atoms with E-state index in [1.807, 2.05) is 13.8 Å². The number of amides is 1. The average molecular weight is 436 g/mol. The van der Waals surface area contributed by atoms with E-state index in [0.717, 1.165) is 10.4 Å². The van der Waals surface area contributed by atoms with E-state index in [1.165, 1.54) is 51.8 Å². The average Bonchev–Trinajstić information content (AvgIpc) is 2.97. The van der Waals surface area contributed by atoms with Gasteiger partial charge in [-0.2, -0.15) is 0 Å². The number of aromatic nitrogens is 2. The molecular weight excluding hydrogens is 413 g/mol. The first-order valence-electron chi connectivity index (χ1n) is 8.88. The van der Waals surface area contributed by atoms with Gasteiger partial charge in [-0.3, -0.25) is 14.2 Å². The molecule has 0 fully saturated rings. The predicted molar refractivity (Wildman–Crippen MR) is 114 cm³/mol. The maximum absolute atomic E-state index is 13.8. The number of rotatable bonds is 6. The van der Waals surface area contributed by atoms with Crippen molar-refractivity contribution in [2.75, 3.05) is 19.9 Å². The minimum atomic E-state index is -0.464. The molecule has 154 valence electrons. The number of hydrogen-bond donors (Lipinski definition) is 0. The van der Waals surface area contributed by atoms with Crippen molar-refractivity contribution in [3.63, 3.8) is 0 Å². The second-order valence-corrected chi connectivity index (χ2v) is 8.88. The van der Waals surface area contributed by atoms with Crippen LogP contribution in [0.5, 0.6) is 5.75 Å². The van der Waals surface area contributed by atoms with Crippen LogP contribution in [-0.2, 0) is 18.4 Å². The van der Waals surface area contributed by atoms with Gasteiger partial charge in [0.2, 0.25) is 5.91 Å². The van der Waals surface area contributed by atoms with Crippen molar-refractivity contribution in [3.05, 3.63) is 50.4 Å². The molecule has 0 aliphatic carbocycles. The number of hydrogen-bond acceptors (Lipinski definition) is 6. The number of aryl methyl sites for hydroxylation is 2. The first-order chi connectivity index (χ1) is 13.7. The molecule has 0 unspecified atom stereocenters. The molecule has 2 aromatic heterocycles. The number of carbonyl (C=O) groups is 1. The molecule has 0 radical (unpaired) electrons. The van der Waals surface area contributed by atoms with E-state index in [0.29, 0.717) is 20.9 Å². The third-order valence-electron chi connectivity index (χ3n) is 4.76. The molecule has 0 aliphatic heterocycles. The Bertz CT molecular complexity index is 1140. The quantitative estimate of drug-likeness (QED) is 0.438. The molecule has 0 spiro atoms. The Hall–Kier alpha value is -2.39. The van der Waals surface area contributed by atoms with E-state index in [-0.39, 0.29) is 29.5 Å². The van der Waals surface area contributed by atoms with E-state index in [9.17, 15) is 14.0 Å². The molecule has 0 saturated heterocycles. The molecular formula is C20H22FN3O3S2. The summed E-state index contributed by atoms with van der Waals surface area (Å²) < 4.78 is 20.2. The van der Waals surface area contributed by atoms with Gasteiger partial charge >= 0.3 is 0 Å². The standard InChI is InChI=1S/C20H22FN3O3S2/c1-11-12(2)29-18-17(11)19(26)24(4)20(22-18)28-10-16(25)23(3)9-13-6-7-15(27-5)14(21)8-13/h6-8H,9-10H2,1-5H3. The summed E-state index contributed by atoms with van der Waals surface area (Å²) in [6, 6.07) is 4.62. The number of methoxy groups -OCH3 is 1. The summed E-state index contributed by atoms with van der Waals surface area (Å²) in [5, 5.41) is 1.14. The Balaban J connectivity index is 1.71. The Morgan fingerprint density at radius 3 is 2.76 bits per heavy atom. The highest BCUT2D eigenvalue weighted by Gasteiger charge is 2.17. The van der Waals surface area contributed by atoms with Crippen LogP contribution in [0.3, 0.4) is 0 Å². The van der Waals surface area contributed by atoms with Gasteiger partial charge in [0.1, 0.15) is 4.83 Å². The second-order valence-electron chi connectivity index (χ2n) is 6.73. The van der Waals surface area contributed by atoms with Crippen molar-refractivity contribution in [2.45, 2.75) is 25.5 Å². The van der Waals surface area contributed by atoms with Crippen molar-refractivity contribution in [2.24, 2.45) is 7.05 Å². The molecule has 9 heteroatoms. The fourth-order valence-corrected chi connectivity index (χ4v) is 4.87. The summed E-state index contributed by atoms with van der Waals surface area (Å²) in [6.45, 7) is 4.16. The van der Waals surface area contributed by atoms with Crippen LogP contribution in [0.15, 0.2) is 28.2 Å². The molecule has 3 aromatic rings. The first-order valence-corrected chi connectivity index (χ1v) is 10.7. The minimum absolute atomic E-state index is 0.103. The zero-order chi connectivity index (χ0) is 21.3. The fourth-order valence-electron chi connectivity index (χ4n) is 2.89. The molecule has 1 aromatic carbocycles. The van der Waals surface area contributed by atoms with Crippen molar-refractivity contribution in [3.8, 4) is 5.75 Å². The number of halogens is 1. The molecule has 29 heavy (non-hydrogen) atoms. The van der Waals surface area contributed by atoms with Crippen LogP contribution in [0.4, 0.5) is 4.39 Å². The van der Waals surface area contributed by atoms with E-state index in [4.69, 9.17) is 4.74 Å². The van der Waals surface area contributed by atoms with Crippen molar-refractivity contribution in [1.82, 2.24) is 14.5 Å². The normalized spacial score (nSPS) is 11.1. The summed E-state index contributed by atoms with van der Waals surface area (Å²) in [4.78, 5) is 33.0. The first kappa shape index (κ1) is 21.3. The van der Waals surface area contributed by atoms with Gasteiger partial charge in [0, 0.05) is 25.5 Å². The lowest BCUT2D eigenvalue weighted by Crippen LogP contribution is -2.28. The van der Waals surface area contributed by atoms with Crippen LogP contribution in [0.25, 0.3) is 10.2 Å². The van der Waals surface area contributed by atoms with E-state index in [2.05, 4.69) is 4.98 Å². The van der Waals surface area contributed by atoms with Gasteiger partial charge in [0.25, 0.3) is 5.56 Å². The Morgan fingerprint density at radius 1 is 1.38 bits per heavy atom. The van der Waals surface area contributed by atoms with E-state index < -0.39 is 5.82 Å². The van der Waals surface area contributed by atoms with Crippen molar-refractivity contribution < 1.29 is 13.9 Å². The number of fused-ring (bicyclic) bond motifs is 1. The van der Waals surface area contributed by atoms with Crippen molar-refractivity contribution >= 4 is 39.2 Å². The minimum Gasteiger partial charge on any atom is -0.494 e. The summed E-state index contributed by atoms with van der Waals surface area (Å²) in [6.07, 6.45) is 0. The lowest BCUT2D eigenvalue weighted by Gasteiger charge is -2.17. The molecule has 0 N–H and O–H groups in total. The van der Waals surface area contributed by atoms with Crippen molar-refractivity contribution in [1.29, 1.82) is 0 Å². The third-order valence-corrected chi connectivity index (χ3v) is 6.87. The van der Waals surface area contributed by atoms with Gasteiger partial charge in [0.15, 0.2) is 16.7 Å². The van der Waals surface area contributed by atoms with Crippen LogP contribution in [0, 0.1) is 19.7 Å². The van der Waals surface area contributed by atoms with Gasteiger partial charge in [-0.1, -0.05) is 17.8 Å². The predicted octanol–water partition coefficient (Wildman–Crippen LogP) is 3.51. The highest BCUT2D eigenvalue weighted by atomic mass is 32.2. The Kier molecular flexibility index (Phi) is 6.28. The molecule has 0 aliphatic rings. The van der Waals surface area contributed by atoms with Gasteiger partial charge in [0.05, 0.1) is 18.2 Å². The zero-order valence-electron chi connectivity index (χ0n) is 16.9. The molecule has 6 nitrogen and oxygen atoms in total. The smallest absolute Gasteiger partial charge is 0.262 e. The molecule has 0 atom stereocenters. The third kappa shape index (κ3) is 4.30. The SMILES string of the molecule is COc1ccc(CN(C)C(=O)CSc2nc3sc(C)c(C)c3c(=O)n2C)cc1F. The lowest BCUT2D eigenvalue weighted by atomic mass is 10.2. The summed E-state index contributed by atoms with van der Waals surface area (Å²) >= 11 is 2.70. The molecule has 2 heterocycles. The maximum atomic E-state index is 13.8. The summed E-state index contributed by atoms with van der Waals surface area (Å²) in [5.41, 5.74) is 1.52. The van der Waals surface area contributed by atoms with Crippen LogP contribution in [0.2, 0.25) is 0 Å². The number of thioether (sulfide) groups is 1. The lowest BCUT2D eigenvalue weighted by molar-refractivity contribution is -0.127. The summed E-state index contributed by atoms with van der Waals surface area (Å²) in [5.74, 6) is -0.308. The Morgan fingerprint density at radius 2 is 2.10 bits per heavy atom. The number of ether oxygens (including phenoxy) is 1. The van der Waals surface area contributed by atoms with Crippen LogP contribution in [0.1, 0.15) is 16.0 Å². The van der Waals surface area contributed by atoms with Gasteiger partial charge in [-0.15, -0.1) is 11.3 Å². The van der Waals surface area contributed by atoms with Crippen LogP contribution < -0.4 is 10.3 Å². The maximum Gasteiger partial charge on any atom is 0.262 e. The fraction of sp³-hybridized carbons (Fsp3) is 0.350. The number of benzene rings is 1. The monoisotopic (exact) mass is 435 g/mol.